The summed E-state index contributed by atoms with van der Waals surface area (Å²) in [5.41, 5.74) is 0.761. The number of carbonyl (C=O) groups is 1. The van der Waals surface area contributed by atoms with Crippen LogP contribution in [0.2, 0.25) is 0 Å². The van der Waals surface area contributed by atoms with E-state index in [4.69, 9.17) is 0 Å². The van der Waals surface area contributed by atoms with E-state index in [1.807, 2.05) is 51.1 Å². The fraction of sp³-hybridized carbons (Fsp3) is 0.357. The Balaban J connectivity index is 1.92. The number of thioether (sulfide) groups is 1. The molecular weight excluding hydrogens is 272 g/mol. The van der Waals surface area contributed by atoms with E-state index in [9.17, 15) is 4.79 Å². The highest BCUT2D eigenvalue weighted by molar-refractivity contribution is 7.99. The van der Waals surface area contributed by atoms with Crippen LogP contribution >= 0.6 is 11.8 Å². The van der Waals surface area contributed by atoms with Gasteiger partial charge in [0.1, 0.15) is 0 Å². The molecule has 1 heterocycles. The number of hydrogen-bond acceptors (Lipinski definition) is 4. The number of benzene rings is 1. The fourth-order valence-electron chi connectivity index (χ4n) is 1.62. The molecule has 0 fully saturated rings. The minimum absolute atomic E-state index is 0.0199. The van der Waals surface area contributed by atoms with E-state index in [0.717, 1.165) is 5.56 Å². The zero-order valence-corrected chi connectivity index (χ0v) is 12.6. The predicted octanol–water partition coefficient (Wildman–Crippen LogP) is 2.48. The maximum absolute atomic E-state index is 11.7. The van der Waals surface area contributed by atoms with Crippen LogP contribution in [0.3, 0.4) is 0 Å². The number of hydrogen-bond donors (Lipinski definition) is 2. The lowest BCUT2D eigenvalue weighted by Crippen LogP contribution is -2.41. The van der Waals surface area contributed by atoms with E-state index in [1.54, 1.807) is 0 Å². The Hall–Kier alpha value is -1.82. The standard InChI is InChI=1S/C14H18N4OS/c1-14(2,3)16-11(19)9-20-13-15-12(17-18-13)10-7-5-4-6-8-10/h4-8H,9H2,1-3H3,(H,16,19)(H,15,17,18). The number of amides is 1. The van der Waals surface area contributed by atoms with Crippen LogP contribution in [0.5, 0.6) is 0 Å². The van der Waals surface area contributed by atoms with Gasteiger partial charge in [-0.2, -0.15) is 0 Å². The molecule has 0 saturated carbocycles. The zero-order chi connectivity index (χ0) is 14.6. The van der Waals surface area contributed by atoms with Gasteiger partial charge in [-0.3, -0.25) is 9.89 Å². The van der Waals surface area contributed by atoms with Crippen LogP contribution in [0.25, 0.3) is 11.4 Å². The van der Waals surface area contributed by atoms with Crippen LogP contribution in [-0.4, -0.2) is 32.4 Å². The molecule has 0 aliphatic rings. The lowest BCUT2D eigenvalue weighted by Gasteiger charge is -2.19. The average molecular weight is 290 g/mol. The van der Waals surface area contributed by atoms with Gasteiger partial charge in [0.05, 0.1) is 5.75 Å². The molecule has 6 heteroatoms. The molecule has 2 aromatic rings. The monoisotopic (exact) mass is 290 g/mol. The second-order valence-corrected chi connectivity index (χ2v) is 6.36. The summed E-state index contributed by atoms with van der Waals surface area (Å²) in [6, 6.07) is 9.76. The van der Waals surface area contributed by atoms with Gasteiger partial charge >= 0.3 is 0 Å². The van der Waals surface area contributed by atoms with Gasteiger partial charge in [0.15, 0.2) is 5.82 Å². The van der Waals surface area contributed by atoms with Crippen molar-refractivity contribution in [2.75, 3.05) is 5.75 Å². The fourth-order valence-corrected chi connectivity index (χ4v) is 2.22. The lowest BCUT2D eigenvalue weighted by atomic mass is 10.1. The van der Waals surface area contributed by atoms with Crippen molar-refractivity contribution in [3.63, 3.8) is 0 Å². The van der Waals surface area contributed by atoms with Crippen LogP contribution in [-0.2, 0) is 4.79 Å². The first-order valence-electron chi connectivity index (χ1n) is 6.36. The van der Waals surface area contributed by atoms with E-state index in [2.05, 4.69) is 20.5 Å². The van der Waals surface area contributed by atoms with Gasteiger partial charge in [-0.05, 0) is 20.8 Å². The molecule has 106 valence electrons. The molecule has 0 aliphatic carbocycles. The van der Waals surface area contributed by atoms with Gasteiger partial charge in [-0.15, -0.1) is 5.10 Å². The molecule has 2 N–H and O–H groups in total. The Bertz CT molecular complexity index is 574. The smallest absolute Gasteiger partial charge is 0.230 e. The number of aromatic amines is 1. The summed E-state index contributed by atoms with van der Waals surface area (Å²) in [5.74, 6) is 1.00. The summed E-state index contributed by atoms with van der Waals surface area (Å²) in [6.45, 7) is 5.86. The Morgan fingerprint density at radius 1 is 1.30 bits per heavy atom. The molecular formula is C14H18N4OS. The van der Waals surface area contributed by atoms with Crippen molar-refractivity contribution in [1.82, 2.24) is 20.5 Å². The summed E-state index contributed by atoms with van der Waals surface area (Å²) >= 11 is 1.32. The van der Waals surface area contributed by atoms with Crippen molar-refractivity contribution >= 4 is 17.7 Å². The average Bonchev–Trinajstić information content (AvgIpc) is 2.84. The SMILES string of the molecule is CC(C)(C)NC(=O)CSc1n[nH]c(-c2ccccc2)n1. The first-order chi connectivity index (χ1) is 9.44. The molecule has 0 aliphatic heterocycles. The van der Waals surface area contributed by atoms with Crippen LogP contribution in [0, 0.1) is 0 Å². The van der Waals surface area contributed by atoms with Crippen molar-refractivity contribution in [3.8, 4) is 11.4 Å². The molecule has 0 bridgehead atoms. The van der Waals surface area contributed by atoms with E-state index < -0.39 is 0 Å². The third kappa shape index (κ3) is 4.38. The summed E-state index contributed by atoms with van der Waals surface area (Å²) in [5, 5.41) is 10.5. The molecule has 1 aromatic carbocycles. The minimum atomic E-state index is -0.216. The minimum Gasteiger partial charge on any atom is -0.351 e. The number of nitrogens with zero attached hydrogens (tertiary/aromatic N) is 2. The highest BCUT2D eigenvalue weighted by Gasteiger charge is 2.14. The van der Waals surface area contributed by atoms with Gasteiger partial charge in [0, 0.05) is 11.1 Å². The first-order valence-corrected chi connectivity index (χ1v) is 7.34. The van der Waals surface area contributed by atoms with Crippen LogP contribution in [0.1, 0.15) is 20.8 Å². The molecule has 20 heavy (non-hydrogen) atoms. The predicted molar refractivity (Wildman–Crippen MR) is 80.4 cm³/mol. The van der Waals surface area contributed by atoms with Gasteiger partial charge in [0.2, 0.25) is 11.1 Å². The molecule has 2 rings (SSSR count). The third-order valence-electron chi connectivity index (χ3n) is 2.36. The molecule has 1 aromatic heterocycles. The van der Waals surface area contributed by atoms with Crippen LogP contribution < -0.4 is 5.32 Å². The Labute approximate surface area is 122 Å². The van der Waals surface area contributed by atoms with E-state index in [1.165, 1.54) is 11.8 Å². The van der Waals surface area contributed by atoms with Crippen molar-refractivity contribution in [1.29, 1.82) is 0 Å². The number of carbonyl (C=O) groups excluding carboxylic acids is 1. The molecule has 0 atom stereocenters. The molecule has 5 nitrogen and oxygen atoms in total. The topological polar surface area (TPSA) is 70.7 Å². The summed E-state index contributed by atoms with van der Waals surface area (Å²) in [6.07, 6.45) is 0. The highest BCUT2D eigenvalue weighted by atomic mass is 32.2. The second-order valence-electron chi connectivity index (χ2n) is 5.42. The van der Waals surface area contributed by atoms with E-state index >= 15 is 0 Å². The quantitative estimate of drug-likeness (QED) is 0.849. The summed E-state index contributed by atoms with van der Waals surface area (Å²) < 4.78 is 0. The Morgan fingerprint density at radius 2 is 2.00 bits per heavy atom. The molecule has 1 amide bonds. The first kappa shape index (κ1) is 14.6. The van der Waals surface area contributed by atoms with Crippen molar-refractivity contribution in [3.05, 3.63) is 30.3 Å². The van der Waals surface area contributed by atoms with Gasteiger partial charge in [-0.25, -0.2) is 4.98 Å². The Kier molecular flexibility index (Phi) is 4.44. The summed E-state index contributed by atoms with van der Waals surface area (Å²) in [4.78, 5) is 16.1. The third-order valence-corrected chi connectivity index (χ3v) is 3.21. The van der Waals surface area contributed by atoms with E-state index in [0.29, 0.717) is 16.7 Å². The maximum atomic E-state index is 11.7. The number of rotatable bonds is 4. The highest BCUT2D eigenvalue weighted by Crippen LogP contribution is 2.18. The number of nitrogens with one attached hydrogen (secondary N) is 2. The van der Waals surface area contributed by atoms with Crippen molar-refractivity contribution < 1.29 is 4.79 Å². The maximum Gasteiger partial charge on any atom is 0.230 e. The van der Waals surface area contributed by atoms with Crippen LogP contribution in [0.15, 0.2) is 35.5 Å². The number of H-pyrrole nitrogens is 1. The van der Waals surface area contributed by atoms with Gasteiger partial charge < -0.3 is 5.32 Å². The van der Waals surface area contributed by atoms with E-state index in [-0.39, 0.29) is 11.4 Å². The normalized spacial score (nSPS) is 11.3. The Morgan fingerprint density at radius 3 is 2.65 bits per heavy atom. The molecule has 0 saturated heterocycles. The van der Waals surface area contributed by atoms with Crippen molar-refractivity contribution in [2.24, 2.45) is 0 Å². The van der Waals surface area contributed by atoms with Crippen molar-refractivity contribution in [2.45, 2.75) is 31.5 Å². The molecule has 0 spiro atoms. The van der Waals surface area contributed by atoms with Gasteiger partial charge in [-0.1, -0.05) is 42.1 Å². The summed E-state index contributed by atoms with van der Waals surface area (Å²) in [7, 11) is 0. The molecule has 0 radical (unpaired) electrons. The number of aromatic nitrogens is 3. The van der Waals surface area contributed by atoms with Crippen LogP contribution in [0.4, 0.5) is 0 Å². The largest absolute Gasteiger partial charge is 0.351 e. The zero-order valence-electron chi connectivity index (χ0n) is 11.8. The second kappa shape index (κ2) is 6.09. The van der Waals surface area contributed by atoms with Gasteiger partial charge in [0.25, 0.3) is 0 Å². The molecule has 0 unspecified atom stereocenters. The lowest BCUT2D eigenvalue weighted by molar-refractivity contribution is -0.119.